The summed E-state index contributed by atoms with van der Waals surface area (Å²) in [5, 5.41) is 3.41. The van der Waals surface area contributed by atoms with Gasteiger partial charge in [-0.2, -0.15) is 0 Å². The molecule has 1 amide bonds. The van der Waals surface area contributed by atoms with Gasteiger partial charge in [0.05, 0.1) is 0 Å². The minimum absolute atomic E-state index is 0.195. The van der Waals surface area contributed by atoms with Gasteiger partial charge in [-0.05, 0) is 49.2 Å². The van der Waals surface area contributed by atoms with Crippen LogP contribution in [-0.4, -0.2) is 12.0 Å². The van der Waals surface area contributed by atoms with E-state index in [9.17, 15) is 4.79 Å². The Morgan fingerprint density at radius 1 is 1.24 bits per heavy atom. The van der Waals surface area contributed by atoms with Crippen LogP contribution in [0.4, 0.5) is 5.69 Å². The molecule has 0 saturated carbocycles. The zero-order valence-electron chi connectivity index (χ0n) is 12.1. The summed E-state index contributed by atoms with van der Waals surface area (Å²) in [6.07, 6.45) is 0.372. The lowest BCUT2D eigenvalue weighted by molar-refractivity contribution is -0.122. The molecule has 1 atom stereocenters. The summed E-state index contributed by atoms with van der Waals surface area (Å²) < 4.78 is 5.58. The minimum atomic E-state index is -0.602. The SMILES string of the molecule is CCc1ccc(NC(=O)[C@H](C)Oc2cccc(Cl)c2)cc1. The molecule has 1 N–H and O–H groups in total. The predicted octanol–water partition coefficient (Wildman–Crippen LogP) is 4.31. The van der Waals surface area contributed by atoms with E-state index in [2.05, 4.69) is 12.2 Å². The number of rotatable bonds is 5. The van der Waals surface area contributed by atoms with Crippen LogP contribution in [-0.2, 0) is 11.2 Å². The van der Waals surface area contributed by atoms with Crippen molar-refractivity contribution in [3.05, 3.63) is 59.1 Å². The molecule has 0 aliphatic heterocycles. The molecule has 110 valence electrons. The van der Waals surface area contributed by atoms with Crippen molar-refractivity contribution in [2.45, 2.75) is 26.4 Å². The molecule has 0 aromatic heterocycles. The lowest BCUT2D eigenvalue weighted by atomic mass is 10.1. The molecule has 0 spiro atoms. The highest BCUT2D eigenvalue weighted by Gasteiger charge is 2.14. The fraction of sp³-hybridized carbons (Fsp3) is 0.235. The molecule has 0 radical (unpaired) electrons. The molecule has 0 saturated heterocycles. The molecule has 2 aromatic rings. The molecule has 0 fully saturated rings. The van der Waals surface area contributed by atoms with Gasteiger partial charge >= 0.3 is 0 Å². The van der Waals surface area contributed by atoms with E-state index in [1.54, 1.807) is 31.2 Å². The molecular weight excluding hydrogens is 286 g/mol. The summed E-state index contributed by atoms with van der Waals surface area (Å²) in [5.41, 5.74) is 2.00. The Morgan fingerprint density at radius 3 is 2.57 bits per heavy atom. The Balaban J connectivity index is 1.95. The summed E-state index contributed by atoms with van der Waals surface area (Å²) in [5.74, 6) is 0.380. The molecule has 0 bridgehead atoms. The number of nitrogens with one attached hydrogen (secondary N) is 1. The number of benzene rings is 2. The van der Waals surface area contributed by atoms with Crippen LogP contribution in [0.1, 0.15) is 19.4 Å². The third-order valence-electron chi connectivity index (χ3n) is 3.11. The Morgan fingerprint density at radius 2 is 1.95 bits per heavy atom. The van der Waals surface area contributed by atoms with E-state index < -0.39 is 6.10 Å². The van der Waals surface area contributed by atoms with Gasteiger partial charge in [0.15, 0.2) is 6.10 Å². The van der Waals surface area contributed by atoms with Crippen LogP contribution in [0, 0.1) is 0 Å². The van der Waals surface area contributed by atoms with Crippen molar-refractivity contribution in [1.29, 1.82) is 0 Å². The van der Waals surface area contributed by atoms with Gasteiger partial charge in [0.25, 0.3) is 5.91 Å². The van der Waals surface area contributed by atoms with Crippen molar-refractivity contribution in [2.24, 2.45) is 0 Å². The van der Waals surface area contributed by atoms with E-state index in [1.165, 1.54) is 5.56 Å². The maximum Gasteiger partial charge on any atom is 0.265 e. The lowest BCUT2D eigenvalue weighted by Gasteiger charge is -2.15. The van der Waals surface area contributed by atoms with Crippen molar-refractivity contribution in [1.82, 2.24) is 0 Å². The number of ether oxygens (including phenoxy) is 1. The summed E-state index contributed by atoms with van der Waals surface area (Å²) in [6.45, 7) is 3.80. The quantitative estimate of drug-likeness (QED) is 0.894. The maximum absolute atomic E-state index is 12.1. The van der Waals surface area contributed by atoms with Crippen LogP contribution in [0.3, 0.4) is 0 Å². The molecule has 2 rings (SSSR count). The highest BCUT2D eigenvalue weighted by Crippen LogP contribution is 2.19. The summed E-state index contributed by atoms with van der Waals surface area (Å²) >= 11 is 5.89. The molecule has 21 heavy (non-hydrogen) atoms. The average Bonchev–Trinajstić information content (AvgIpc) is 2.48. The second-order valence-corrected chi connectivity index (χ2v) is 5.19. The molecular formula is C17H18ClNO2. The first kappa shape index (κ1) is 15.4. The first-order valence-electron chi connectivity index (χ1n) is 6.90. The zero-order chi connectivity index (χ0) is 15.2. The van der Waals surface area contributed by atoms with Crippen LogP contribution >= 0.6 is 11.6 Å². The second-order valence-electron chi connectivity index (χ2n) is 4.76. The minimum Gasteiger partial charge on any atom is -0.481 e. The van der Waals surface area contributed by atoms with Gasteiger partial charge in [-0.3, -0.25) is 4.79 Å². The first-order valence-corrected chi connectivity index (χ1v) is 7.28. The van der Waals surface area contributed by atoms with Crippen LogP contribution in [0.5, 0.6) is 5.75 Å². The van der Waals surface area contributed by atoms with Crippen LogP contribution < -0.4 is 10.1 Å². The number of carbonyl (C=O) groups is 1. The molecule has 2 aromatic carbocycles. The molecule has 4 heteroatoms. The smallest absolute Gasteiger partial charge is 0.265 e. The standard InChI is InChI=1S/C17H18ClNO2/c1-3-13-7-9-15(10-8-13)19-17(20)12(2)21-16-6-4-5-14(18)11-16/h4-12H,3H2,1-2H3,(H,19,20)/t12-/m0/s1. The van der Waals surface area contributed by atoms with Gasteiger partial charge in [0.2, 0.25) is 0 Å². The predicted molar refractivity (Wildman–Crippen MR) is 86.0 cm³/mol. The van der Waals surface area contributed by atoms with Crippen LogP contribution in [0.15, 0.2) is 48.5 Å². The third-order valence-corrected chi connectivity index (χ3v) is 3.34. The van der Waals surface area contributed by atoms with Gasteiger partial charge in [0.1, 0.15) is 5.75 Å². The highest BCUT2D eigenvalue weighted by molar-refractivity contribution is 6.30. The normalized spacial score (nSPS) is 11.8. The van der Waals surface area contributed by atoms with Gasteiger partial charge in [0, 0.05) is 10.7 Å². The summed E-state index contributed by atoms with van der Waals surface area (Å²) in [6, 6.07) is 14.8. The van der Waals surface area contributed by atoms with Gasteiger partial charge in [-0.15, -0.1) is 0 Å². The van der Waals surface area contributed by atoms with E-state index in [-0.39, 0.29) is 5.91 Å². The van der Waals surface area contributed by atoms with E-state index in [4.69, 9.17) is 16.3 Å². The van der Waals surface area contributed by atoms with Crippen molar-refractivity contribution >= 4 is 23.2 Å². The lowest BCUT2D eigenvalue weighted by Crippen LogP contribution is -2.30. The number of hydrogen-bond acceptors (Lipinski definition) is 2. The number of hydrogen-bond donors (Lipinski definition) is 1. The summed E-state index contributed by atoms with van der Waals surface area (Å²) in [4.78, 5) is 12.1. The molecule has 0 aliphatic rings. The topological polar surface area (TPSA) is 38.3 Å². The molecule has 0 unspecified atom stereocenters. The summed E-state index contributed by atoms with van der Waals surface area (Å²) in [7, 11) is 0. The van der Waals surface area contributed by atoms with Crippen molar-refractivity contribution in [2.75, 3.05) is 5.32 Å². The average molecular weight is 304 g/mol. The number of amides is 1. The van der Waals surface area contributed by atoms with E-state index in [0.717, 1.165) is 12.1 Å². The second kappa shape index (κ2) is 7.14. The number of halogens is 1. The fourth-order valence-electron chi connectivity index (χ4n) is 1.87. The van der Waals surface area contributed by atoms with Crippen LogP contribution in [0.2, 0.25) is 5.02 Å². The molecule has 0 heterocycles. The Labute approximate surface area is 129 Å². The molecule has 0 aliphatic carbocycles. The largest absolute Gasteiger partial charge is 0.481 e. The number of carbonyl (C=O) groups excluding carboxylic acids is 1. The van der Waals surface area contributed by atoms with E-state index in [1.807, 2.05) is 24.3 Å². The van der Waals surface area contributed by atoms with Gasteiger partial charge in [-0.25, -0.2) is 0 Å². The van der Waals surface area contributed by atoms with Crippen molar-refractivity contribution in [3.8, 4) is 5.75 Å². The van der Waals surface area contributed by atoms with Gasteiger partial charge in [-0.1, -0.05) is 36.7 Å². The van der Waals surface area contributed by atoms with E-state index in [0.29, 0.717) is 10.8 Å². The fourth-order valence-corrected chi connectivity index (χ4v) is 2.05. The monoisotopic (exact) mass is 303 g/mol. The molecule has 3 nitrogen and oxygen atoms in total. The van der Waals surface area contributed by atoms with Crippen LogP contribution in [0.25, 0.3) is 0 Å². The third kappa shape index (κ3) is 4.50. The Kier molecular flexibility index (Phi) is 5.23. The number of anilines is 1. The number of aryl methyl sites for hydroxylation is 1. The Bertz CT molecular complexity index is 610. The van der Waals surface area contributed by atoms with Crippen molar-refractivity contribution < 1.29 is 9.53 Å². The van der Waals surface area contributed by atoms with Crippen molar-refractivity contribution in [3.63, 3.8) is 0 Å². The highest BCUT2D eigenvalue weighted by atomic mass is 35.5. The maximum atomic E-state index is 12.1. The van der Waals surface area contributed by atoms with E-state index >= 15 is 0 Å². The van der Waals surface area contributed by atoms with Gasteiger partial charge < -0.3 is 10.1 Å². The zero-order valence-corrected chi connectivity index (χ0v) is 12.9. The Hall–Kier alpha value is -2.00. The first-order chi connectivity index (χ1) is 10.1.